The van der Waals surface area contributed by atoms with Crippen molar-refractivity contribution >= 4 is 11.6 Å². The third-order valence-corrected chi connectivity index (χ3v) is 3.40. The predicted molar refractivity (Wildman–Crippen MR) is 69.3 cm³/mol. The fourth-order valence-corrected chi connectivity index (χ4v) is 2.38. The Labute approximate surface area is 110 Å². The summed E-state index contributed by atoms with van der Waals surface area (Å²) in [5.41, 5.74) is 7.01. The van der Waals surface area contributed by atoms with E-state index in [0.717, 1.165) is 18.9 Å². The standard InChI is InChI=1S/C12H16N6O/c1-2-16-6-9(13)5-10(16)12(19)17-3-4-18-8-14-15-11(18)7-17/h5-6,8H,2-4,7,13H2,1H3. The minimum absolute atomic E-state index is 0.00667. The molecule has 3 rings (SSSR count). The molecule has 7 nitrogen and oxygen atoms in total. The molecule has 7 heteroatoms. The fraction of sp³-hybridized carbons (Fsp3) is 0.417. The molecule has 0 spiro atoms. The first-order chi connectivity index (χ1) is 9.19. The minimum Gasteiger partial charge on any atom is -0.397 e. The van der Waals surface area contributed by atoms with Crippen molar-refractivity contribution in [2.45, 2.75) is 26.6 Å². The highest BCUT2D eigenvalue weighted by atomic mass is 16.2. The van der Waals surface area contributed by atoms with Gasteiger partial charge in [0.2, 0.25) is 0 Å². The molecule has 100 valence electrons. The zero-order valence-corrected chi connectivity index (χ0v) is 10.8. The minimum atomic E-state index is -0.00667. The molecule has 2 N–H and O–H groups in total. The highest BCUT2D eigenvalue weighted by molar-refractivity contribution is 5.93. The zero-order valence-electron chi connectivity index (χ0n) is 10.8. The summed E-state index contributed by atoms with van der Waals surface area (Å²) in [6.07, 6.45) is 3.49. The van der Waals surface area contributed by atoms with Crippen LogP contribution in [-0.2, 0) is 19.6 Å². The van der Waals surface area contributed by atoms with Gasteiger partial charge in [-0.15, -0.1) is 10.2 Å². The molecule has 0 bridgehead atoms. The van der Waals surface area contributed by atoms with Crippen LogP contribution >= 0.6 is 0 Å². The van der Waals surface area contributed by atoms with Crippen molar-refractivity contribution in [2.75, 3.05) is 12.3 Å². The third-order valence-electron chi connectivity index (χ3n) is 3.40. The van der Waals surface area contributed by atoms with Crippen LogP contribution in [0.15, 0.2) is 18.6 Å². The number of hydrogen-bond donors (Lipinski definition) is 1. The SMILES string of the molecule is CCn1cc(N)cc1C(=O)N1CCn2cnnc2C1. The first kappa shape index (κ1) is 11.8. The number of amides is 1. The molecule has 0 saturated carbocycles. The largest absolute Gasteiger partial charge is 0.397 e. The average Bonchev–Trinajstić information content (AvgIpc) is 3.02. The number of hydrogen-bond acceptors (Lipinski definition) is 4. The van der Waals surface area contributed by atoms with Crippen molar-refractivity contribution in [3.8, 4) is 0 Å². The van der Waals surface area contributed by atoms with Gasteiger partial charge in [-0.25, -0.2) is 0 Å². The first-order valence-electron chi connectivity index (χ1n) is 6.30. The summed E-state index contributed by atoms with van der Waals surface area (Å²) >= 11 is 0. The highest BCUT2D eigenvalue weighted by Gasteiger charge is 2.24. The molecule has 2 aromatic rings. The van der Waals surface area contributed by atoms with Crippen LogP contribution < -0.4 is 5.73 Å². The molecule has 1 amide bonds. The lowest BCUT2D eigenvalue weighted by molar-refractivity contribution is 0.0696. The van der Waals surface area contributed by atoms with Gasteiger partial charge >= 0.3 is 0 Å². The van der Waals surface area contributed by atoms with Crippen LogP contribution in [0, 0.1) is 0 Å². The average molecular weight is 260 g/mol. The number of aromatic nitrogens is 4. The van der Waals surface area contributed by atoms with E-state index in [9.17, 15) is 4.79 Å². The maximum atomic E-state index is 12.5. The van der Waals surface area contributed by atoms with E-state index in [1.54, 1.807) is 23.5 Å². The highest BCUT2D eigenvalue weighted by Crippen LogP contribution is 2.16. The van der Waals surface area contributed by atoms with E-state index < -0.39 is 0 Å². The number of anilines is 1. The molecular weight excluding hydrogens is 244 g/mol. The summed E-state index contributed by atoms with van der Waals surface area (Å²) in [4.78, 5) is 14.3. The van der Waals surface area contributed by atoms with Gasteiger partial charge in [0, 0.05) is 25.8 Å². The Bertz CT molecular complexity index is 614. The maximum absolute atomic E-state index is 12.5. The van der Waals surface area contributed by atoms with Crippen molar-refractivity contribution in [2.24, 2.45) is 0 Å². The van der Waals surface area contributed by atoms with Crippen LogP contribution in [0.5, 0.6) is 0 Å². The molecule has 0 atom stereocenters. The number of aryl methyl sites for hydroxylation is 1. The lowest BCUT2D eigenvalue weighted by Gasteiger charge is -2.27. The van der Waals surface area contributed by atoms with Crippen molar-refractivity contribution in [3.63, 3.8) is 0 Å². The summed E-state index contributed by atoms with van der Waals surface area (Å²) in [5.74, 6) is 0.815. The zero-order chi connectivity index (χ0) is 13.4. The Morgan fingerprint density at radius 3 is 3.11 bits per heavy atom. The molecule has 0 aliphatic carbocycles. The Hall–Kier alpha value is -2.31. The van der Waals surface area contributed by atoms with Crippen LogP contribution in [0.25, 0.3) is 0 Å². The predicted octanol–water partition coefficient (Wildman–Crippen LogP) is 0.338. The quantitative estimate of drug-likeness (QED) is 0.844. The topological polar surface area (TPSA) is 82.0 Å². The van der Waals surface area contributed by atoms with Crippen LogP contribution in [0.3, 0.4) is 0 Å². The molecule has 2 aromatic heterocycles. The van der Waals surface area contributed by atoms with E-state index in [-0.39, 0.29) is 5.91 Å². The molecule has 0 unspecified atom stereocenters. The summed E-state index contributed by atoms with van der Waals surface area (Å²) in [7, 11) is 0. The summed E-state index contributed by atoms with van der Waals surface area (Å²) in [6.45, 7) is 4.61. The summed E-state index contributed by atoms with van der Waals surface area (Å²) < 4.78 is 3.84. The Kier molecular flexibility index (Phi) is 2.73. The monoisotopic (exact) mass is 260 g/mol. The van der Waals surface area contributed by atoms with Crippen LogP contribution in [0.2, 0.25) is 0 Å². The van der Waals surface area contributed by atoms with Gasteiger partial charge in [0.15, 0.2) is 5.82 Å². The van der Waals surface area contributed by atoms with Gasteiger partial charge < -0.3 is 19.8 Å². The number of nitrogens with two attached hydrogens (primary N) is 1. The van der Waals surface area contributed by atoms with Crippen LogP contribution in [-0.4, -0.2) is 36.7 Å². The molecule has 3 heterocycles. The number of rotatable bonds is 2. The van der Waals surface area contributed by atoms with Gasteiger partial charge in [-0.05, 0) is 13.0 Å². The lowest BCUT2D eigenvalue weighted by Crippen LogP contribution is -2.39. The van der Waals surface area contributed by atoms with Crippen molar-refractivity contribution in [3.05, 3.63) is 30.1 Å². The number of nitrogen functional groups attached to an aromatic ring is 1. The van der Waals surface area contributed by atoms with Gasteiger partial charge in [-0.1, -0.05) is 0 Å². The molecule has 0 saturated heterocycles. The normalized spacial score (nSPS) is 14.5. The van der Waals surface area contributed by atoms with Gasteiger partial charge in [0.05, 0.1) is 12.2 Å². The van der Waals surface area contributed by atoms with Crippen molar-refractivity contribution in [1.82, 2.24) is 24.2 Å². The number of nitrogens with zero attached hydrogens (tertiary/aromatic N) is 5. The second kappa shape index (κ2) is 4.42. The van der Waals surface area contributed by atoms with E-state index in [1.165, 1.54) is 0 Å². The summed E-state index contributed by atoms with van der Waals surface area (Å²) in [6, 6.07) is 1.73. The van der Waals surface area contributed by atoms with Gasteiger partial charge in [0.1, 0.15) is 12.0 Å². The van der Waals surface area contributed by atoms with Gasteiger partial charge in [-0.3, -0.25) is 4.79 Å². The fourth-order valence-electron chi connectivity index (χ4n) is 2.38. The molecule has 1 aliphatic heterocycles. The number of fused-ring (bicyclic) bond motifs is 1. The lowest BCUT2D eigenvalue weighted by atomic mass is 10.3. The smallest absolute Gasteiger partial charge is 0.271 e. The third kappa shape index (κ3) is 1.96. The Balaban J connectivity index is 1.85. The number of carbonyl (C=O) groups is 1. The van der Waals surface area contributed by atoms with Crippen molar-refractivity contribution in [1.29, 1.82) is 0 Å². The molecule has 19 heavy (non-hydrogen) atoms. The Morgan fingerprint density at radius 1 is 1.47 bits per heavy atom. The van der Waals surface area contributed by atoms with E-state index in [2.05, 4.69) is 10.2 Å². The van der Waals surface area contributed by atoms with E-state index in [0.29, 0.717) is 24.5 Å². The van der Waals surface area contributed by atoms with E-state index in [4.69, 9.17) is 5.73 Å². The molecule has 0 fully saturated rings. The molecule has 0 aromatic carbocycles. The van der Waals surface area contributed by atoms with Gasteiger partial charge in [-0.2, -0.15) is 0 Å². The molecule has 0 radical (unpaired) electrons. The number of carbonyl (C=O) groups excluding carboxylic acids is 1. The molecule has 1 aliphatic rings. The second-order valence-electron chi connectivity index (χ2n) is 4.61. The summed E-state index contributed by atoms with van der Waals surface area (Å²) in [5, 5.41) is 7.88. The maximum Gasteiger partial charge on any atom is 0.271 e. The van der Waals surface area contributed by atoms with Crippen LogP contribution in [0.4, 0.5) is 5.69 Å². The van der Waals surface area contributed by atoms with Gasteiger partial charge in [0.25, 0.3) is 5.91 Å². The first-order valence-corrected chi connectivity index (χ1v) is 6.30. The Morgan fingerprint density at radius 2 is 2.32 bits per heavy atom. The van der Waals surface area contributed by atoms with Crippen molar-refractivity contribution < 1.29 is 4.79 Å². The molecular formula is C12H16N6O. The van der Waals surface area contributed by atoms with Crippen LogP contribution in [0.1, 0.15) is 23.2 Å². The second-order valence-corrected chi connectivity index (χ2v) is 4.61. The van der Waals surface area contributed by atoms with E-state index in [1.807, 2.05) is 16.1 Å². The van der Waals surface area contributed by atoms with E-state index >= 15 is 0 Å².